The molecule has 0 atom stereocenters. The quantitative estimate of drug-likeness (QED) is 0.711. The van der Waals surface area contributed by atoms with E-state index in [2.05, 4.69) is 21.6 Å². The SMILES string of the molecule is C=CCn1cc(CNS(=O)(=O)c2cc(C)c(C(=O)O)o2)nn1. The first-order valence-electron chi connectivity index (χ1n) is 6.17. The van der Waals surface area contributed by atoms with Crippen molar-refractivity contribution < 1.29 is 22.7 Å². The molecule has 2 heterocycles. The number of nitrogens with zero attached hydrogens (tertiary/aromatic N) is 3. The van der Waals surface area contributed by atoms with Crippen molar-refractivity contribution >= 4 is 16.0 Å². The van der Waals surface area contributed by atoms with Crippen LogP contribution in [0.1, 0.15) is 21.8 Å². The summed E-state index contributed by atoms with van der Waals surface area (Å²) in [6.07, 6.45) is 3.20. The molecule has 9 nitrogen and oxygen atoms in total. The van der Waals surface area contributed by atoms with Crippen LogP contribution in [0.5, 0.6) is 0 Å². The lowest BCUT2D eigenvalue weighted by Crippen LogP contribution is -2.23. The lowest BCUT2D eigenvalue weighted by Gasteiger charge is -2.01. The fourth-order valence-corrected chi connectivity index (χ4v) is 2.68. The fraction of sp³-hybridized carbons (Fsp3) is 0.250. The zero-order valence-electron chi connectivity index (χ0n) is 11.7. The molecule has 0 bridgehead atoms. The molecular weight excluding hydrogens is 312 g/mol. The van der Waals surface area contributed by atoms with Gasteiger partial charge in [0.25, 0.3) is 10.0 Å². The molecule has 0 saturated carbocycles. The van der Waals surface area contributed by atoms with Gasteiger partial charge < -0.3 is 9.52 Å². The number of sulfonamides is 1. The lowest BCUT2D eigenvalue weighted by molar-refractivity contribution is 0.0655. The number of aromatic nitrogens is 3. The summed E-state index contributed by atoms with van der Waals surface area (Å²) in [6, 6.07) is 1.15. The van der Waals surface area contributed by atoms with Crippen LogP contribution >= 0.6 is 0 Å². The molecule has 118 valence electrons. The van der Waals surface area contributed by atoms with E-state index in [-0.39, 0.29) is 12.1 Å². The second kappa shape index (κ2) is 6.12. The molecule has 0 aliphatic heterocycles. The number of rotatable bonds is 7. The van der Waals surface area contributed by atoms with Crippen molar-refractivity contribution in [2.45, 2.75) is 25.1 Å². The van der Waals surface area contributed by atoms with E-state index in [1.165, 1.54) is 11.6 Å². The first-order chi connectivity index (χ1) is 10.3. The Morgan fingerprint density at radius 2 is 2.32 bits per heavy atom. The third kappa shape index (κ3) is 3.40. The van der Waals surface area contributed by atoms with Crippen LogP contribution < -0.4 is 4.72 Å². The van der Waals surface area contributed by atoms with Crippen molar-refractivity contribution in [3.63, 3.8) is 0 Å². The Labute approximate surface area is 126 Å². The number of furan rings is 1. The van der Waals surface area contributed by atoms with Gasteiger partial charge in [0.1, 0.15) is 0 Å². The number of carboxylic acids is 1. The maximum absolute atomic E-state index is 12.1. The summed E-state index contributed by atoms with van der Waals surface area (Å²) in [6.45, 7) is 5.37. The molecule has 0 unspecified atom stereocenters. The zero-order chi connectivity index (χ0) is 16.3. The van der Waals surface area contributed by atoms with Crippen LogP contribution in [-0.4, -0.2) is 34.5 Å². The van der Waals surface area contributed by atoms with E-state index in [4.69, 9.17) is 9.52 Å². The molecule has 2 N–H and O–H groups in total. The highest BCUT2D eigenvalue weighted by molar-refractivity contribution is 7.89. The van der Waals surface area contributed by atoms with E-state index in [1.54, 1.807) is 12.3 Å². The van der Waals surface area contributed by atoms with Crippen molar-refractivity contribution in [1.29, 1.82) is 0 Å². The first-order valence-corrected chi connectivity index (χ1v) is 7.65. The zero-order valence-corrected chi connectivity index (χ0v) is 12.5. The average molecular weight is 326 g/mol. The van der Waals surface area contributed by atoms with Crippen LogP contribution in [0.15, 0.2) is 34.4 Å². The van der Waals surface area contributed by atoms with Crippen molar-refractivity contribution in [2.24, 2.45) is 0 Å². The molecule has 0 aliphatic rings. The number of allylic oxidation sites excluding steroid dienone is 1. The van der Waals surface area contributed by atoms with E-state index < -0.39 is 26.8 Å². The van der Waals surface area contributed by atoms with E-state index >= 15 is 0 Å². The van der Waals surface area contributed by atoms with Gasteiger partial charge in [0.2, 0.25) is 10.9 Å². The summed E-state index contributed by atoms with van der Waals surface area (Å²) in [5.74, 6) is -1.73. The molecule has 0 aliphatic carbocycles. The third-order valence-electron chi connectivity index (χ3n) is 2.70. The largest absolute Gasteiger partial charge is 0.475 e. The van der Waals surface area contributed by atoms with Gasteiger partial charge in [0.15, 0.2) is 0 Å². The Morgan fingerprint density at radius 3 is 2.91 bits per heavy atom. The lowest BCUT2D eigenvalue weighted by atomic mass is 10.3. The van der Waals surface area contributed by atoms with Gasteiger partial charge in [-0.25, -0.2) is 22.6 Å². The fourth-order valence-electron chi connectivity index (χ4n) is 1.68. The van der Waals surface area contributed by atoms with Crippen LogP contribution in [0.2, 0.25) is 0 Å². The summed E-state index contributed by atoms with van der Waals surface area (Å²) in [5.41, 5.74) is 0.636. The number of hydrogen-bond donors (Lipinski definition) is 2. The Kier molecular flexibility index (Phi) is 4.43. The normalized spacial score (nSPS) is 11.5. The predicted octanol–water partition coefficient (Wildman–Crippen LogP) is 0.542. The van der Waals surface area contributed by atoms with Crippen LogP contribution in [0.3, 0.4) is 0 Å². The van der Waals surface area contributed by atoms with E-state index in [1.807, 2.05) is 0 Å². The van der Waals surface area contributed by atoms with E-state index in [0.29, 0.717) is 12.2 Å². The number of carboxylic acid groups (broad SMARTS) is 1. The van der Waals surface area contributed by atoms with E-state index in [9.17, 15) is 13.2 Å². The molecular formula is C12H14N4O5S. The Morgan fingerprint density at radius 1 is 1.59 bits per heavy atom. The molecule has 0 aromatic carbocycles. The molecule has 0 fully saturated rings. The Bertz CT molecular complexity index is 805. The summed E-state index contributed by atoms with van der Waals surface area (Å²) < 4.78 is 32.7. The summed E-state index contributed by atoms with van der Waals surface area (Å²) in [7, 11) is -3.97. The molecule has 10 heteroatoms. The second-order valence-electron chi connectivity index (χ2n) is 4.43. The number of aromatic carboxylic acids is 1. The molecule has 2 aromatic heterocycles. The maximum atomic E-state index is 12.1. The van der Waals surface area contributed by atoms with Gasteiger partial charge in [-0.05, 0) is 6.92 Å². The number of hydrogen-bond acceptors (Lipinski definition) is 6. The summed E-state index contributed by atoms with van der Waals surface area (Å²) >= 11 is 0. The van der Waals surface area contributed by atoms with Crippen LogP contribution in [0, 0.1) is 6.92 Å². The van der Waals surface area contributed by atoms with Crippen molar-refractivity contribution in [1.82, 2.24) is 19.7 Å². The highest BCUT2D eigenvalue weighted by atomic mass is 32.2. The molecule has 0 saturated heterocycles. The maximum Gasteiger partial charge on any atom is 0.372 e. The Hall–Kier alpha value is -2.46. The predicted molar refractivity (Wildman–Crippen MR) is 74.6 cm³/mol. The van der Waals surface area contributed by atoms with Gasteiger partial charge in [0, 0.05) is 11.6 Å². The van der Waals surface area contributed by atoms with Gasteiger partial charge in [-0.1, -0.05) is 11.3 Å². The monoisotopic (exact) mass is 326 g/mol. The van der Waals surface area contributed by atoms with Gasteiger partial charge in [-0.15, -0.1) is 11.7 Å². The standard InChI is InChI=1S/C12H14N4O5S/c1-3-4-16-7-9(14-15-16)6-13-22(19,20)10-5-8(2)11(21-10)12(17)18/h3,5,7,13H,1,4,6H2,2H3,(H,17,18). The number of carbonyl (C=O) groups is 1. The van der Waals surface area contributed by atoms with Crippen molar-refractivity contribution in [2.75, 3.05) is 0 Å². The summed E-state index contributed by atoms with van der Waals surface area (Å²) in [5, 5.41) is 16.0. The minimum Gasteiger partial charge on any atom is -0.475 e. The van der Waals surface area contributed by atoms with Gasteiger partial charge in [0.05, 0.1) is 25.0 Å². The minimum absolute atomic E-state index is 0.0956. The highest BCUT2D eigenvalue weighted by Crippen LogP contribution is 2.19. The molecule has 2 rings (SSSR count). The molecule has 22 heavy (non-hydrogen) atoms. The van der Waals surface area contributed by atoms with E-state index in [0.717, 1.165) is 6.07 Å². The second-order valence-corrected chi connectivity index (χ2v) is 6.13. The Balaban J connectivity index is 2.12. The minimum atomic E-state index is -3.97. The van der Waals surface area contributed by atoms with Crippen molar-refractivity contribution in [3.8, 4) is 0 Å². The smallest absolute Gasteiger partial charge is 0.372 e. The van der Waals surface area contributed by atoms with Gasteiger partial charge >= 0.3 is 5.97 Å². The number of nitrogens with one attached hydrogen (secondary N) is 1. The molecule has 0 amide bonds. The third-order valence-corrected chi connectivity index (χ3v) is 3.96. The van der Waals surface area contributed by atoms with Crippen LogP contribution in [0.25, 0.3) is 0 Å². The molecule has 0 spiro atoms. The van der Waals surface area contributed by atoms with Gasteiger partial charge in [-0.3, -0.25) is 0 Å². The van der Waals surface area contributed by atoms with Crippen LogP contribution in [-0.2, 0) is 23.1 Å². The first kappa shape index (κ1) is 15.9. The number of aryl methyl sites for hydroxylation is 1. The van der Waals surface area contributed by atoms with Crippen LogP contribution in [0.4, 0.5) is 0 Å². The molecule has 2 aromatic rings. The molecule has 0 radical (unpaired) electrons. The highest BCUT2D eigenvalue weighted by Gasteiger charge is 2.23. The summed E-state index contributed by atoms with van der Waals surface area (Å²) in [4.78, 5) is 10.9. The van der Waals surface area contributed by atoms with Gasteiger partial charge in [-0.2, -0.15) is 0 Å². The average Bonchev–Trinajstić information content (AvgIpc) is 3.04. The van der Waals surface area contributed by atoms with Crippen molar-refractivity contribution in [3.05, 3.63) is 41.9 Å². The topological polar surface area (TPSA) is 127 Å².